The van der Waals surface area contributed by atoms with Crippen LogP contribution in [0.3, 0.4) is 0 Å². The molecule has 7 heteroatoms. The van der Waals surface area contributed by atoms with Gasteiger partial charge in [0.2, 0.25) is 5.43 Å². The van der Waals surface area contributed by atoms with Crippen LogP contribution in [-0.4, -0.2) is 35.3 Å². The van der Waals surface area contributed by atoms with Crippen LogP contribution in [0, 0.1) is 5.82 Å². The van der Waals surface area contributed by atoms with Gasteiger partial charge in [-0.15, -0.1) is 0 Å². The van der Waals surface area contributed by atoms with Crippen molar-refractivity contribution in [3.63, 3.8) is 0 Å². The van der Waals surface area contributed by atoms with E-state index in [1.807, 2.05) is 24.0 Å². The van der Waals surface area contributed by atoms with Gasteiger partial charge in [0.05, 0.1) is 16.9 Å². The third kappa shape index (κ3) is 1.94. The Labute approximate surface area is 136 Å². The minimum absolute atomic E-state index is 0.0323. The van der Waals surface area contributed by atoms with Gasteiger partial charge >= 0.3 is 5.97 Å². The van der Waals surface area contributed by atoms with E-state index in [9.17, 15) is 19.1 Å². The largest absolute Gasteiger partial charge is 0.487 e. The van der Waals surface area contributed by atoms with Crippen molar-refractivity contribution in [3.05, 3.63) is 46.0 Å². The molecule has 1 atom stereocenters. The molecule has 0 spiro atoms. The van der Waals surface area contributed by atoms with Crippen molar-refractivity contribution in [3.8, 4) is 5.75 Å². The molecule has 0 bridgehead atoms. The zero-order valence-electron chi connectivity index (χ0n) is 13.0. The highest BCUT2D eigenvalue weighted by molar-refractivity contribution is 5.97. The molecule has 0 saturated carbocycles. The van der Waals surface area contributed by atoms with E-state index >= 15 is 0 Å². The fourth-order valence-corrected chi connectivity index (χ4v) is 3.32. The van der Waals surface area contributed by atoms with Crippen molar-refractivity contribution < 1.29 is 19.0 Å². The molecule has 1 aromatic heterocycles. The number of aromatic carboxylic acids is 1. The average molecular weight is 330 g/mol. The number of pyridine rings is 1. The molecule has 2 aromatic rings. The molecule has 6 nitrogen and oxygen atoms in total. The molecule has 2 aliphatic heterocycles. The standard InChI is InChI=1S/C17H15FN2O4/c1-9-8-24-16-13-10(15(21)11(17(22)23)7-20(9)13)6-12(18)14(16)19-4-2-3-5-19/h2-3,6-7,9H,4-5,8H2,1H3,(H,22,23). The first-order valence-electron chi connectivity index (χ1n) is 7.66. The highest BCUT2D eigenvalue weighted by Crippen LogP contribution is 2.42. The van der Waals surface area contributed by atoms with Crippen molar-refractivity contribution >= 4 is 22.6 Å². The molecule has 124 valence electrons. The minimum Gasteiger partial charge on any atom is -0.487 e. The monoisotopic (exact) mass is 330 g/mol. The Morgan fingerprint density at radius 1 is 1.38 bits per heavy atom. The summed E-state index contributed by atoms with van der Waals surface area (Å²) < 4.78 is 22.2. The second-order valence-electron chi connectivity index (χ2n) is 6.05. The molecule has 24 heavy (non-hydrogen) atoms. The second-order valence-corrected chi connectivity index (χ2v) is 6.05. The van der Waals surface area contributed by atoms with E-state index < -0.39 is 17.2 Å². The van der Waals surface area contributed by atoms with Gasteiger partial charge in [0.15, 0.2) is 11.6 Å². The maximum atomic E-state index is 14.7. The Morgan fingerprint density at radius 3 is 2.75 bits per heavy atom. The first kappa shape index (κ1) is 14.7. The van der Waals surface area contributed by atoms with Crippen molar-refractivity contribution in [2.75, 3.05) is 24.6 Å². The normalized spacial score (nSPS) is 18.9. The number of anilines is 1. The predicted octanol–water partition coefficient (Wildman–Crippen LogP) is 2.17. The first-order valence-corrected chi connectivity index (χ1v) is 7.66. The van der Waals surface area contributed by atoms with Crippen LogP contribution >= 0.6 is 0 Å². The lowest BCUT2D eigenvalue weighted by atomic mass is 10.1. The molecular formula is C17H15FN2O4. The number of carboxylic acid groups (broad SMARTS) is 1. The third-order valence-electron chi connectivity index (χ3n) is 4.51. The number of nitrogens with zero attached hydrogens (tertiary/aromatic N) is 2. The van der Waals surface area contributed by atoms with Gasteiger partial charge in [-0.3, -0.25) is 4.79 Å². The fourth-order valence-electron chi connectivity index (χ4n) is 3.32. The third-order valence-corrected chi connectivity index (χ3v) is 4.51. The molecular weight excluding hydrogens is 315 g/mol. The minimum atomic E-state index is -1.32. The van der Waals surface area contributed by atoms with Crippen molar-refractivity contribution in [2.45, 2.75) is 13.0 Å². The lowest BCUT2D eigenvalue weighted by molar-refractivity contribution is 0.0694. The Morgan fingerprint density at radius 2 is 2.08 bits per heavy atom. The number of hydrogen-bond acceptors (Lipinski definition) is 4. The van der Waals surface area contributed by atoms with Gasteiger partial charge in [0.25, 0.3) is 0 Å². The van der Waals surface area contributed by atoms with Crippen LogP contribution in [0.1, 0.15) is 23.3 Å². The fraction of sp³-hybridized carbons (Fsp3) is 0.294. The number of carbonyl (C=O) groups is 1. The molecule has 0 fully saturated rings. The molecule has 0 aliphatic carbocycles. The van der Waals surface area contributed by atoms with Crippen LogP contribution in [0.15, 0.2) is 29.2 Å². The summed E-state index contributed by atoms with van der Waals surface area (Å²) in [6, 6.07) is 0.966. The summed E-state index contributed by atoms with van der Waals surface area (Å²) in [6.45, 7) is 3.26. The quantitative estimate of drug-likeness (QED) is 0.855. The molecule has 4 rings (SSSR count). The van der Waals surface area contributed by atoms with Gasteiger partial charge in [-0.05, 0) is 13.0 Å². The van der Waals surface area contributed by atoms with E-state index in [0.717, 1.165) is 6.07 Å². The van der Waals surface area contributed by atoms with Crippen LogP contribution in [0.4, 0.5) is 10.1 Å². The summed E-state index contributed by atoms with van der Waals surface area (Å²) in [7, 11) is 0. The number of aromatic nitrogens is 1. The smallest absolute Gasteiger partial charge is 0.341 e. The first-order chi connectivity index (χ1) is 11.5. The number of benzene rings is 1. The molecule has 1 N–H and O–H groups in total. The summed E-state index contributed by atoms with van der Waals surface area (Å²) in [5.74, 6) is -1.60. The molecule has 3 heterocycles. The second kappa shape index (κ2) is 5.09. The maximum absolute atomic E-state index is 14.7. The molecule has 0 radical (unpaired) electrons. The Kier molecular flexibility index (Phi) is 3.13. The Hall–Kier alpha value is -2.83. The van der Waals surface area contributed by atoms with E-state index in [2.05, 4.69) is 0 Å². The highest BCUT2D eigenvalue weighted by Gasteiger charge is 2.30. The van der Waals surface area contributed by atoms with Crippen molar-refractivity contribution in [2.24, 2.45) is 0 Å². The number of halogens is 1. The van der Waals surface area contributed by atoms with Crippen LogP contribution in [0.5, 0.6) is 5.75 Å². The van der Waals surface area contributed by atoms with Gasteiger partial charge < -0.3 is 19.3 Å². The van der Waals surface area contributed by atoms with Gasteiger partial charge in [-0.2, -0.15) is 0 Å². The summed E-state index contributed by atoms with van der Waals surface area (Å²) in [6.07, 6.45) is 5.19. The number of ether oxygens (including phenoxy) is 1. The van der Waals surface area contributed by atoms with Gasteiger partial charge in [0.1, 0.15) is 17.9 Å². The Balaban J connectivity index is 2.11. The van der Waals surface area contributed by atoms with E-state index in [1.54, 1.807) is 4.57 Å². The summed E-state index contributed by atoms with van der Waals surface area (Å²) in [5.41, 5.74) is -0.294. The lowest BCUT2D eigenvalue weighted by Gasteiger charge is -2.31. The lowest BCUT2D eigenvalue weighted by Crippen LogP contribution is -2.29. The topological polar surface area (TPSA) is 71.8 Å². The summed E-state index contributed by atoms with van der Waals surface area (Å²) >= 11 is 0. The van der Waals surface area contributed by atoms with E-state index in [-0.39, 0.29) is 23.6 Å². The maximum Gasteiger partial charge on any atom is 0.341 e. The zero-order chi connectivity index (χ0) is 17.0. The van der Waals surface area contributed by atoms with E-state index in [1.165, 1.54) is 6.20 Å². The van der Waals surface area contributed by atoms with Crippen LogP contribution in [0.2, 0.25) is 0 Å². The highest BCUT2D eigenvalue weighted by atomic mass is 19.1. The van der Waals surface area contributed by atoms with Crippen molar-refractivity contribution in [1.82, 2.24) is 4.57 Å². The Bertz CT molecular complexity index is 955. The zero-order valence-corrected chi connectivity index (χ0v) is 13.0. The average Bonchev–Trinajstić information content (AvgIpc) is 3.06. The van der Waals surface area contributed by atoms with Crippen LogP contribution in [0.25, 0.3) is 10.9 Å². The predicted molar refractivity (Wildman–Crippen MR) is 86.7 cm³/mol. The molecule has 2 aliphatic rings. The number of rotatable bonds is 2. The van der Waals surface area contributed by atoms with Gasteiger partial charge in [0, 0.05) is 19.3 Å². The molecule has 1 unspecified atom stereocenters. The van der Waals surface area contributed by atoms with Gasteiger partial charge in [-0.25, -0.2) is 9.18 Å². The SMILES string of the molecule is CC1COc2c(N3CC=CC3)c(F)cc3c(=O)c(C(=O)O)cn1c23. The van der Waals surface area contributed by atoms with Crippen LogP contribution in [-0.2, 0) is 0 Å². The van der Waals surface area contributed by atoms with E-state index in [4.69, 9.17) is 4.74 Å². The summed E-state index contributed by atoms with van der Waals surface area (Å²) in [5, 5.41) is 9.29. The van der Waals surface area contributed by atoms with Crippen molar-refractivity contribution in [1.29, 1.82) is 0 Å². The summed E-state index contributed by atoms with van der Waals surface area (Å²) in [4.78, 5) is 25.6. The molecule has 0 saturated heterocycles. The van der Waals surface area contributed by atoms with Gasteiger partial charge in [-0.1, -0.05) is 12.2 Å². The number of carboxylic acids is 1. The molecule has 1 aromatic carbocycles. The molecule has 0 amide bonds. The number of hydrogen-bond donors (Lipinski definition) is 1. The van der Waals surface area contributed by atoms with E-state index in [0.29, 0.717) is 30.0 Å². The van der Waals surface area contributed by atoms with Crippen LogP contribution < -0.4 is 15.1 Å².